The van der Waals surface area contributed by atoms with E-state index in [9.17, 15) is 13.2 Å². The van der Waals surface area contributed by atoms with Crippen molar-refractivity contribution in [2.24, 2.45) is 23.7 Å². The number of hydrogen-bond donors (Lipinski definition) is 1. The summed E-state index contributed by atoms with van der Waals surface area (Å²) in [5, 5.41) is 0.760. The number of sulfonamides is 1. The van der Waals surface area contributed by atoms with Crippen LogP contribution in [0.3, 0.4) is 0 Å². The van der Waals surface area contributed by atoms with Crippen molar-refractivity contribution in [3.63, 3.8) is 0 Å². The lowest BCUT2D eigenvalue weighted by molar-refractivity contribution is 0.0618. The number of likely N-dealkylation sites (tertiary alicyclic amines) is 1. The molecule has 4 rings (SSSR count). The molecule has 0 saturated carbocycles. The van der Waals surface area contributed by atoms with Gasteiger partial charge in [-0.15, -0.1) is 0 Å². The van der Waals surface area contributed by atoms with E-state index < -0.39 is 10.0 Å². The Bertz CT molecular complexity index is 1030. The van der Waals surface area contributed by atoms with Gasteiger partial charge in [-0.3, -0.25) is 4.79 Å². The predicted molar refractivity (Wildman–Crippen MR) is 119 cm³/mol. The van der Waals surface area contributed by atoms with Crippen molar-refractivity contribution in [2.75, 3.05) is 26.2 Å². The van der Waals surface area contributed by atoms with Crippen LogP contribution in [0.5, 0.6) is 0 Å². The van der Waals surface area contributed by atoms with Crippen LogP contribution in [-0.2, 0) is 10.0 Å². The zero-order valence-electron chi connectivity index (χ0n) is 18.4. The lowest BCUT2D eigenvalue weighted by Crippen LogP contribution is -2.42. The summed E-state index contributed by atoms with van der Waals surface area (Å²) >= 11 is 0. The van der Waals surface area contributed by atoms with Crippen LogP contribution >= 0.6 is 0 Å². The van der Waals surface area contributed by atoms with Gasteiger partial charge in [0.15, 0.2) is 0 Å². The number of rotatable bonds is 3. The molecular formula is C23H33N3O3S. The van der Waals surface area contributed by atoms with E-state index in [0.717, 1.165) is 36.8 Å². The second-order valence-corrected chi connectivity index (χ2v) is 11.8. The molecule has 7 heteroatoms. The van der Waals surface area contributed by atoms with Crippen molar-refractivity contribution in [3.05, 3.63) is 30.0 Å². The molecule has 4 atom stereocenters. The molecule has 1 aromatic carbocycles. The zero-order chi connectivity index (χ0) is 21.6. The van der Waals surface area contributed by atoms with Gasteiger partial charge in [0.2, 0.25) is 10.0 Å². The summed E-state index contributed by atoms with van der Waals surface area (Å²) in [5.74, 6) is 1.70. The van der Waals surface area contributed by atoms with Gasteiger partial charge in [-0.05, 0) is 60.8 Å². The van der Waals surface area contributed by atoms with E-state index in [4.69, 9.17) is 0 Å². The number of fused-ring (bicyclic) bond motifs is 1. The highest BCUT2D eigenvalue weighted by Gasteiger charge is 2.32. The number of nitrogens with one attached hydrogen (secondary N) is 1. The largest absolute Gasteiger partial charge is 0.351 e. The highest BCUT2D eigenvalue weighted by Crippen LogP contribution is 2.29. The minimum Gasteiger partial charge on any atom is -0.351 e. The van der Waals surface area contributed by atoms with Crippen LogP contribution in [0, 0.1) is 23.7 Å². The maximum atomic E-state index is 13.2. The Hall–Kier alpha value is -1.86. The Kier molecular flexibility index (Phi) is 5.70. The van der Waals surface area contributed by atoms with Crippen LogP contribution in [0.15, 0.2) is 29.2 Å². The molecule has 3 heterocycles. The maximum Gasteiger partial charge on any atom is 0.270 e. The third-order valence-electron chi connectivity index (χ3n) is 6.45. The van der Waals surface area contributed by atoms with Crippen LogP contribution in [0.1, 0.15) is 51.0 Å². The molecule has 4 unspecified atom stereocenters. The number of amides is 1. The number of benzene rings is 1. The van der Waals surface area contributed by atoms with E-state index in [-0.39, 0.29) is 5.91 Å². The summed E-state index contributed by atoms with van der Waals surface area (Å²) in [5.41, 5.74) is 1.32. The molecule has 0 radical (unpaired) electrons. The summed E-state index contributed by atoms with van der Waals surface area (Å²) in [6.45, 7) is 11.2. The quantitative estimate of drug-likeness (QED) is 0.800. The lowest BCUT2D eigenvalue weighted by Gasteiger charge is -2.34. The minimum absolute atomic E-state index is 0.00677. The lowest BCUT2D eigenvalue weighted by atomic mass is 9.92. The second-order valence-electron chi connectivity index (χ2n) is 9.86. The van der Waals surface area contributed by atoms with Crippen LogP contribution in [-0.4, -0.2) is 54.7 Å². The number of hydrogen-bond acceptors (Lipinski definition) is 3. The standard InChI is InChI=1S/C23H33N3O3S/c1-15-7-16(2)12-25(11-15)23(27)22-10-19-9-20(5-6-21(19)24-22)30(28,29)26-13-17(3)8-18(4)14-26/h5-6,9-10,15-18,24H,7-8,11-14H2,1-4H3. The van der Waals surface area contributed by atoms with Crippen LogP contribution in [0.2, 0.25) is 0 Å². The molecule has 6 nitrogen and oxygen atoms in total. The first-order valence-electron chi connectivity index (χ1n) is 11.1. The molecular weight excluding hydrogens is 398 g/mol. The maximum absolute atomic E-state index is 13.2. The van der Waals surface area contributed by atoms with Gasteiger partial charge in [-0.25, -0.2) is 8.42 Å². The highest BCUT2D eigenvalue weighted by molar-refractivity contribution is 7.89. The third kappa shape index (κ3) is 4.14. The molecule has 2 aromatic rings. The molecule has 0 spiro atoms. The van der Waals surface area contributed by atoms with Crippen molar-refractivity contribution in [3.8, 4) is 0 Å². The number of aromatic nitrogens is 1. The highest BCUT2D eigenvalue weighted by atomic mass is 32.2. The topological polar surface area (TPSA) is 73.5 Å². The molecule has 2 aliphatic rings. The van der Waals surface area contributed by atoms with Crippen molar-refractivity contribution < 1.29 is 13.2 Å². The normalized spacial score (nSPS) is 28.7. The molecule has 164 valence electrons. The van der Waals surface area contributed by atoms with Gasteiger partial charge >= 0.3 is 0 Å². The Morgan fingerprint density at radius 1 is 0.900 bits per heavy atom. The molecule has 1 aromatic heterocycles. The monoisotopic (exact) mass is 431 g/mol. The molecule has 2 aliphatic heterocycles. The first kappa shape index (κ1) is 21.4. The number of carbonyl (C=O) groups excluding carboxylic acids is 1. The van der Waals surface area contributed by atoms with E-state index >= 15 is 0 Å². The van der Waals surface area contributed by atoms with Gasteiger partial charge in [-0.1, -0.05) is 27.7 Å². The van der Waals surface area contributed by atoms with Crippen molar-refractivity contribution in [2.45, 2.75) is 45.4 Å². The summed E-state index contributed by atoms with van der Waals surface area (Å²) in [7, 11) is -3.54. The summed E-state index contributed by atoms with van der Waals surface area (Å²) < 4.78 is 28.1. The fourth-order valence-corrected chi connectivity index (χ4v) is 7.05. The van der Waals surface area contributed by atoms with E-state index in [1.807, 2.05) is 4.90 Å². The fraction of sp³-hybridized carbons (Fsp3) is 0.609. The van der Waals surface area contributed by atoms with Gasteiger partial charge < -0.3 is 9.88 Å². The van der Waals surface area contributed by atoms with Crippen molar-refractivity contribution in [1.82, 2.24) is 14.2 Å². The molecule has 0 aliphatic carbocycles. The minimum atomic E-state index is -3.54. The average molecular weight is 432 g/mol. The first-order chi connectivity index (χ1) is 14.1. The van der Waals surface area contributed by atoms with Crippen LogP contribution in [0.25, 0.3) is 10.9 Å². The summed E-state index contributed by atoms with van der Waals surface area (Å²) in [6, 6.07) is 6.92. The Balaban J connectivity index is 1.60. The smallest absolute Gasteiger partial charge is 0.270 e. The average Bonchev–Trinajstić information content (AvgIpc) is 3.09. The SMILES string of the molecule is CC1CC(C)CN(C(=O)c2cc3cc(S(=O)(=O)N4CC(C)CC(C)C4)ccc3[nH]2)C1. The second kappa shape index (κ2) is 8.00. The Labute approximate surface area is 179 Å². The van der Waals surface area contributed by atoms with E-state index in [2.05, 4.69) is 32.7 Å². The number of H-pyrrole nitrogens is 1. The number of aromatic amines is 1. The van der Waals surface area contributed by atoms with Gasteiger partial charge in [0, 0.05) is 37.1 Å². The van der Waals surface area contributed by atoms with Crippen LogP contribution in [0.4, 0.5) is 0 Å². The van der Waals surface area contributed by atoms with Gasteiger partial charge in [-0.2, -0.15) is 4.31 Å². The number of nitrogens with zero attached hydrogens (tertiary/aromatic N) is 2. The van der Waals surface area contributed by atoms with Gasteiger partial charge in [0.05, 0.1) is 4.90 Å². The number of piperidine rings is 2. The molecule has 2 saturated heterocycles. The summed E-state index contributed by atoms with van der Waals surface area (Å²) in [6.07, 6.45) is 2.20. The van der Waals surface area contributed by atoms with E-state index in [0.29, 0.717) is 47.4 Å². The van der Waals surface area contributed by atoms with E-state index in [1.54, 1.807) is 28.6 Å². The Morgan fingerprint density at radius 3 is 2.07 bits per heavy atom. The summed E-state index contributed by atoms with van der Waals surface area (Å²) in [4.78, 5) is 18.4. The van der Waals surface area contributed by atoms with Gasteiger partial charge in [0.1, 0.15) is 5.69 Å². The predicted octanol–water partition coefficient (Wildman–Crippen LogP) is 3.95. The molecule has 1 N–H and O–H groups in total. The first-order valence-corrected chi connectivity index (χ1v) is 12.5. The van der Waals surface area contributed by atoms with Gasteiger partial charge in [0.25, 0.3) is 5.91 Å². The molecule has 0 bridgehead atoms. The Morgan fingerprint density at radius 2 is 1.47 bits per heavy atom. The molecule has 1 amide bonds. The number of carbonyl (C=O) groups is 1. The van der Waals surface area contributed by atoms with Crippen molar-refractivity contribution >= 4 is 26.8 Å². The zero-order valence-corrected chi connectivity index (χ0v) is 19.2. The third-order valence-corrected chi connectivity index (χ3v) is 8.28. The molecule has 2 fully saturated rings. The fourth-order valence-electron chi connectivity index (χ4n) is 5.34. The van der Waals surface area contributed by atoms with Crippen LogP contribution < -0.4 is 0 Å². The molecule has 30 heavy (non-hydrogen) atoms. The van der Waals surface area contributed by atoms with E-state index in [1.165, 1.54) is 0 Å². The van der Waals surface area contributed by atoms with Crippen molar-refractivity contribution in [1.29, 1.82) is 0 Å².